The Hall–Kier alpha value is -1.98. The van der Waals surface area contributed by atoms with Gasteiger partial charge in [0.05, 0.1) is 18.3 Å². The van der Waals surface area contributed by atoms with Crippen LogP contribution in [0.15, 0.2) is 53.4 Å². The van der Waals surface area contributed by atoms with Crippen LogP contribution < -0.4 is 9.62 Å². The van der Waals surface area contributed by atoms with Crippen LogP contribution in [0.4, 0.5) is 5.69 Å². The summed E-state index contributed by atoms with van der Waals surface area (Å²) >= 11 is 1.79. The standard InChI is InChI=1S/C23H30N2O2S/c1-3-27-22(26)16-6-4-5-11-17-24-23-18-12-7-9-14-20(18)25(2)28-21-15-10-8-13-19(21)23/h7-10,12-15,23-24H,3-6,11,16-17H2,1-2H3. The summed E-state index contributed by atoms with van der Waals surface area (Å²) < 4.78 is 7.23. The molecule has 1 N–H and O–H groups in total. The third-order valence-corrected chi connectivity index (χ3v) is 6.05. The van der Waals surface area contributed by atoms with Gasteiger partial charge in [0.25, 0.3) is 0 Å². The number of rotatable bonds is 9. The average molecular weight is 399 g/mol. The average Bonchev–Trinajstić information content (AvgIpc) is 2.82. The number of ether oxygens (including phenoxy) is 1. The first-order valence-electron chi connectivity index (χ1n) is 10.2. The molecular formula is C23H30N2O2S. The summed E-state index contributed by atoms with van der Waals surface area (Å²) in [5, 5.41) is 3.78. The van der Waals surface area contributed by atoms with Crippen LogP contribution in [0, 0.1) is 0 Å². The maximum atomic E-state index is 11.4. The van der Waals surface area contributed by atoms with E-state index in [2.05, 4.69) is 65.2 Å². The number of para-hydroxylation sites is 1. The molecule has 3 rings (SSSR count). The Bertz CT molecular complexity index is 781. The molecule has 0 fully saturated rings. The van der Waals surface area contributed by atoms with Gasteiger partial charge in [0.1, 0.15) is 0 Å². The molecule has 0 radical (unpaired) electrons. The number of anilines is 1. The van der Waals surface area contributed by atoms with Gasteiger partial charge in [0.15, 0.2) is 0 Å². The zero-order valence-corrected chi connectivity index (χ0v) is 17.6. The van der Waals surface area contributed by atoms with Crippen LogP contribution in [-0.2, 0) is 9.53 Å². The fourth-order valence-electron chi connectivity index (χ4n) is 3.63. The van der Waals surface area contributed by atoms with Crippen molar-refractivity contribution in [3.05, 3.63) is 59.7 Å². The lowest BCUT2D eigenvalue weighted by Gasteiger charge is -2.22. The zero-order chi connectivity index (χ0) is 19.8. The SMILES string of the molecule is CCOC(=O)CCCCCCNC1c2ccccc2SN(C)c2ccccc21. The van der Waals surface area contributed by atoms with Crippen LogP contribution in [0.1, 0.15) is 56.2 Å². The molecule has 0 aliphatic carbocycles. The number of nitrogens with zero attached hydrogens (tertiary/aromatic N) is 1. The van der Waals surface area contributed by atoms with Crippen molar-refractivity contribution in [2.24, 2.45) is 0 Å². The quantitative estimate of drug-likeness (QED) is 0.351. The van der Waals surface area contributed by atoms with Crippen LogP contribution in [0.5, 0.6) is 0 Å². The highest BCUT2D eigenvalue weighted by molar-refractivity contribution is 8.00. The molecule has 1 aliphatic heterocycles. The maximum absolute atomic E-state index is 11.4. The fourth-order valence-corrected chi connectivity index (χ4v) is 4.62. The first-order valence-corrected chi connectivity index (χ1v) is 11.0. The van der Waals surface area contributed by atoms with E-state index in [1.54, 1.807) is 11.9 Å². The van der Waals surface area contributed by atoms with Crippen molar-refractivity contribution in [3.63, 3.8) is 0 Å². The normalized spacial score (nSPS) is 15.5. The second-order valence-corrected chi connectivity index (χ2v) is 8.21. The minimum Gasteiger partial charge on any atom is -0.466 e. The van der Waals surface area contributed by atoms with E-state index in [4.69, 9.17) is 4.74 Å². The van der Waals surface area contributed by atoms with Crippen molar-refractivity contribution >= 4 is 23.6 Å². The van der Waals surface area contributed by atoms with Crippen LogP contribution in [0.2, 0.25) is 0 Å². The Morgan fingerprint density at radius 1 is 1.04 bits per heavy atom. The van der Waals surface area contributed by atoms with Crippen LogP contribution in [0.25, 0.3) is 0 Å². The molecule has 1 unspecified atom stereocenters. The Morgan fingerprint density at radius 3 is 2.57 bits per heavy atom. The van der Waals surface area contributed by atoms with Crippen LogP contribution >= 0.6 is 11.9 Å². The number of carbonyl (C=O) groups excluding carboxylic acids is 1. The molecular weight excluding hydrogens is 368 g/mol. The highest BCUT2D eigenvalue weighted by atomic mass is 32.2. The number of fused-ring (bicyclic) bond motifs is 2. The summed E-state index contributed by atoms with van der Waals surface area (Å²) in [6.45, 7) is 3.28. The second-order valence-electron chi connectivity index (χ2n) is 7.04. The third-order valence-electron chi connectivity index (χ3n) is 5.01. The van der Waals surface area contributed by atoms with Gasteiger partial charge in [0, 0.05) is 18.4 Å². The van der Waals surface area contributed by atoms with Gasteiger partial charge in [0.2, 0.25) is 0 Å². The molecule has 2 aromatic rings. The summed E-state index contributed by atoms with van der Waals surface area (Å²) in [6, 6.07) is 17.5. The number of nitrogens with one attached hydrogen (secondary N) is 1. The number of carbonyl (C=O) groups is 1. The van der Waals surface area contributed by atoms with E-state index in [0.29, 0.717) is 13.0 Å². The monoisotopic (exact) mass is 398 g/mol. The predicted octanol–water partition coefficient (Wildman–Crippen LogP) is 5.34. The topological polar surface area (TPSA) is 41.6 Å². The molecule has 0 bridgehead atoms. The summed E-state index contributed by atoms with van der Waals surface area (Å²) in [6.07, 6.45) is 4.74. The molecule has 1 aliphatic rings. The van der Waals surface area contributed by atoms with Crippen molar-refractivity contribution < 1.29 is 9.53 Å². The van der Waals surface area contributed by atoms with E-state index in [0.717, 1.165) is 32.2 Å². The van der Waals surface area contributed by atoms with Crippen LogP contribution in [-0.4, -0.2) is 26.2 Å². The number of unbranched alkanes of at least 4 members (excludes halogenated alkanes) is 3. The van der Waals surface area contributed by atoms with Crippen LogP contribution in [0.3, 0.4) is 0 Å². The van der Waals surface area contributed by atoms with E-state index in [-0.39, 0.29) is 12.0 Å². The van der Waals surface area contributed by atoms with E-state index in [1.165, 1.54) is 21.7 Å². The molecule has 0 aromatic heterocycles. The number of hydrogen-bond donors (Lipinski definition) is 1. The Morgan fingerprint density at radius 2 is 1.75 bits per heavy atom. The van der Waals surface area contributed by atoms with Gasteiger partial charge in [-0.05, 0) is 61.5 Å². The molecule has 0 saturated carbocycles. The minimum absolute atomic E-state index is 0.0751. The van der Waals surface area contributed by atoms with Gasteiger partial charge >= 0.3 is 5.97 Å². The van der Waals surface area contributed by atoms with E-state index >= 15 is 0 Å². The largest absolute Gasteiger partial charge is 0.466 e. The zero-order valence-electron chi connectivity index (χ0n) is 16.8. The number of benzene rings is 2. The van der Waals surface area contributed by atoms with E-state index in [9.17, 15) is 4.79 Å². The molecule has 4 nitrogen and oxygen atoms in total. The molecule has 0 amide bonds. The van der Waals surface area contributed by atoms with Gasteiger partial charge < -0.3 is 14.4 Å². The maximum Gasteiger partial charge on any atom is 0.305 e. The van der Waals surface area contributed by atoms with Crippen molar-refractivity contribution in [1.29, 1.82) is 0 Å². The molecule has 5 heteroatoms. The highest BCUT2D eigenvalue weighted by Crippen LogP contribution is 2.42. The van der Waals surface area contributed by atoms with Gasteiger partial charge in [-0.2, -0.15) is 0 Å². The first kappa shape index (κ1) is 20.7. The lowest BCUT2D eigenvalue weighted by atomic mass is 9.96. The fraction of sp³-hybridized carbons (Fsp3) is 0.435. The van der Waals surface area contributed by atoms with Gasteiger partial charge in [-0.3, -0.25) is 4.79 Å². The first-order chi connectivity index (χ1) is 13.7. The second kappa shape index (κ2) is 10.5. The molecule has 1 atom stereocenters. The summed E-state index contributed by atoms with van der Waals surface area (Å²) in [7, 11) is 2.13. The molecule has 28 heavy (non-hydrogen) atoms. The summed E-state index contributed by atoms with van der Waals surface area (Å²) in [4.78, 5) is 12.7. The van der Waals surface area contributed by atoms with Gasteiger partial charge in [-0.15, -0.1) is 0 Å². The summed E-state index contributed by atoms with van der Waals surface area (Å²) in [5.41, 5.74) is 3.92. The number of esters is 1. The molecule has 2 aromatic carbocycles. The van der Waals surface area contributed by atoms with Crippen molar-refractivity contribution in [3.8, 4) is 0 Å². The van der Waals surface area contributed by atoms with Crippen molar-refractivity contribution in [2.75, 3.05) is 24.5 Å². The number of hydrogen-bond acceptors (Lipinski definition) is 5. The Labute approximate surface area is 172 Å². The Kier molecular flexibility index (Phi) is 7.80. The Balaban J connectivity index is 1.58. The highest BCUT2D eigenvalue weighted by Gasteiger charge is 2.25. The van der Waals surface area contributed by atoms with Crippen molar-refractivity contribution in [2.45, 2.75) is 50.0 Å². The minimum atomic E-state index is -0.0751. The predicted molar refractivity (Wildman–Crippen MR) is 117 cm³/mol. The van der Waals surface area contributed by atoms with Crippen molar-refractivity contribution in [1.82, 2.24) is 5.32 Å². The third kappa shape index (κ3) is 5.30. The van der Waals surface area contributed by atoms with Gasteiger partial charge in [-0.1, -0.05) is 49.2 Å². The summed E-state index contributed by atoms with van der Waals surface area (Å²) in [5.74, 6) is -0.0751. The lowest BCUT2D eigenvalue weighted by Crippen LogP contribution is -2.24. The molecule has 0 saturated heterocycles. The smallest absolute Gasteiger partial charge is 0.305 e. The van der Waals surface area contributed by atoms with Gasteiger partial charge in [-0.25, -0.2) is 0 Å². The molecule has 1 heterocycles. The lowest BCUT2D eigenvalue weighted by molar-refractivity contribution is -0.143. The molecule has 0 spiro atoms. The molecule has 150 valence electrons. The van der Waals surface area contributed by atoms with E-state index < -0.39 is 0 Å². The van der Waals surface area contributed by atoms with E-state index in [1.807, 2.05) is 6.92 Å².